The van der Waals surface area contributed by atoms with Crippen molar-refractivity contribution in [1.82, 2.24) is 5.32 Å². The average molecular weight is 287 g/mol. The van der Waals surface area contributed by atoms with Crippen molar-refractivity contribution in [2.75, 3.05) is 13.7 Å². The largest absolute Gasteiger partial charge is 0.373 e. The highest BCUT2D eigenvalue weighted by Crippen LogP contribution is 2.43. The Kier molecular flexibility index (Phi) is 4.66. The van der Waals surface area contributed by atoms with Crippen LogP contribution in [0.15, 0.2) is 24.3 Å². The third-order valence-electron chi connectivity index (χ3n) is 5.54. The fourth-order valence-electron chi connectivity index (χ4n) is 4.21. The molecule has 0 spiro atoms. The molecule has 0 amide bonds. The second-order valence-electron chi connectivity index (χ2n) is 6.72. The smallest absolute Gasteiger partial charge is 0.0876 e. The Morgan fingerprint density at radius 1 is 1.14 bits per heavy atom. The van der Waals surface area contributed by atoms with E-state index in [9.17, 15) is 0 Å². The van der Waals surface area contributed by atoms with Gasteiger partial charge in [0.25, 0.3) is 0 Å². The molecule has 1 atom stereocenters. The first-order valence-electron chi connectivity index (χ1n) is 8.70. The molecule has 2 fully saturated rings. The second kappa shape index (κ2) is 6.50. The lowest BCUT2D eigenvalue weighted by molar-refractivity contribution is -0.0610. The van der Waals surface area contributed by atoms with Crippen molar-refractivity contribution < 1.29 is 4.74 Å². The quantitative estimate of drug-likeness (QED) is 0.828. The number of rotatable bonds is 6. The van der Waals surface area contributed by atoms with Crippen molar-refractivity contribution in [3.05, 3.63) is 35.4 Å². The minimum atomic E-state index is 0.00147. The van der Waals surface area contributed by atoms with E-state index in [2.05, 4.69) is 43.6 Å². The molecule has 2 saturated carbocycles. The lowest BCUT2D eigenvalue weighted by atomic mass is 9.79. The fraction of sp³-hybridized carbons (Fsp3) is 0.684. The Morgan fingerprint density at radius 2 is 1.81 bits per heavy atom. The minimum Gasteiger partial charge on any atom is -0.373 e. The number of benzene rings is 1. The fourth-order valence-corrected chi connectivity index (χ4v) is 4.21. The van der Waals surface area contributed by atoms with Gasteiger partial charge in [0.1, 0.15) is 0 Å². The molecule has 0 heterocycles. The molecule has 116 valence electrons. The van der Waals surface area contributed by atoms with E-state index in [0.717, 1.165) is 12.5 Å². The maximum atomic E-state index is 6.25. The summed E-state index contributed by atoms with van der Waals surface area (Å²) in [5, 5.41) is 3.54. The zero-order valence-electron chi connectivity index (χ0n) is 13.5. The van der Waals surface area contributed by atoms with Crippen molar-refractivity contribution in [2.24, 2.45) is 0 Å². The van der Waals surface area contributed by atoms with E-state index in [1.54, 1.807) is 0 Å². The topological polar surface area (TPSA) is 21.3 Å². The summed E-state index contributed by atoms with van der Waals surface area (Å²) < 4.78 is 6.25. The molecule has 21 heavy (non-hydrogen) atoms. The first kappa shape index (κ1) is 15.1. The molecule has 0 aliphatic heterocycles. The van der Waals surface area contributed by atoms with Crippen LogP contribution in [0.25, 0.3) is 0 Å². The van der Waals surface area contributed by atoms with Crippen molar-refractivity contribution in [2.45, 2.75) is 69.4 Å². The Balaban J connectivity index is 1.81. The molecule has 2 nitrogen and oxygen atoms in total. The lowest BCUT2D eigenvalue weighted by Gasteiger charge is -2.38. The summed E-state index contributed by atoms with van der Waals surface area (Å²) in [5.74, 6) is 0.819. The third-order valence-corrected chi connectivity index (χ3v) is 5.54. The maximum Gasteiger partial charge on any atom is 0.0876 e. The number of hydrogen-bond donors (Lipinski definition) is 1. The van der Waals surface area contributed by atoms with Crippen molar-refractivity contribution in [3.8, 4) is 0 Å². The van der Waals surface area contributed by atoms with Crippen LogP contribution in [0.2, 0.25) is 0 Å². The van der Waals surface area contributed by atoms with Gasteiger partial charge in [-0.2, -0.15) is 0 Å². The monoisotopic (exact) mass is 287 g/mol. The summed E-state index contributed by atoms with van der Waals surface area (Å²) >= 11 is 0. The van der Waals surface area contributed by atoms with Crippen LogP contribution in [0.5, 0.6) is 0 Å². The molecule has 1 aromatic rings. The molecule has 1 N–H and O–H groups in total. The second-order valence-corrected chi connectivity index (χ2v) is 6.72. The van der Waals surface area contributed by atoms with Gasteiger partial charge in [-0.3, -0.25) is 0 Å². The first-order valence-corrected chi connectivity index (χ1v) is 8.70. The van der Waals surface area contributed by atoms with Crippen LogP contribution >= 0.6 is 0 Å². The molecular formula is C19H29NO. The molecule has 2 heteroatoms. The van der Waals surface area contributed by atoms with Gasteiger partial charge in [0.2, 0.25) is 0 Å². The van der Waals surface area contributed by atoms with Gasteiger partial charge in [-0.1, -0.05) is 43.5 Å². The molecule has 1 unspecified atom stereocenters. The summed E-state index contributed by atoms with van der Waals surface area (Å²) in [7, 11) is 2.07. The molecule has 0 bridgehead atoms. The van der Waals surface area contributed by atoms with Crippen molar-refractivity contribution in [1.29, 1.82) is 0 Å². The summed E-state index contributed by atoms with van der Waals surface area (Å²) in [4.78, 5) is 0. The molecule has 2 aliphatic rings. The summed E-state index contributed by atoms with van der Waals surface area (Å²) in [6, 6.07) is 9.66. The molecule has 0 saturated heterocycles. The highest BCUT2D eigenvalue weighted by molar-refractivity contribution is 5.30. The Labute approximate surface area is 129 Å². The van der Waals surface area contributed by atoms with Gasteiger partial charge in [0.05, 0.1) is 11.6 Å². The van der Waals surface area contributed by atoms with E-state index in [1.807, 2.05) is 0 Å². The van der Waals surface area contributed by atoms with Gasteiger partial charge < -0.3 is 10.1 Å². The standard InChI is InChI=1S/C19H29NO/c1-3-21-19(13-4-5-14-19)18(20-2)17-11-9-16(10-12-17)15-7-6-8-15/h9-12,15,18,20H,3-8,13-14H2,1-2H3. The van der Waals surface area contributed by atoms with Crippen LogP contribution < -0.4 is 5.32 Å². The molecule has 0 radical (unpaired) electrons. The molecule has 2 aliphatic carbocycles. The summed E-state index contributed by atoms with van der Waals surface area (Å²) in [5.41, 5.74) is 2.91. The van der Waals surface area contributed by atoms with E-state index in [-0.39, 0.29) is 5.60 Å². The van der Waals surface area contributed by atoms with E-state index >= 15 is 0 Å². The Bertz CT molecular complexity index is 443. The van der Waals surface area contributed by atoms with Crippen molar-refractivity contribution >= 4 is 0 Å². The van der Waals surface area contributed by atoms with Gasteiger partial charge in [-0.05, 0) is 56.7 Å². The number of nitrogens with one attached hydrogen (secondary N) is 1. The van der Waals surface area contributed by atoms with Gasteiger partial charge in [0.15, 0.2) is 0 Å². The van der Waals surface area contributed by atoms with Gasteiger partial charge >= 0.3 is 0 Å². The van der Waals surface area contributed by atoms with Crippen LogP contribution in [0.1, 0.15) is 75.0 Å². The van der Waals surface area contributed by atoms with Crippen molar-refractivity contribution in [3.63, 3.8) is 0 Å². The first-order chi connectivity index (χ1) is 10.3. The Hall–Kier alpha value is -0.860. The van der Waals surface area contributed by atoms with Gasteiger partial charge in [0, 0.05) is 6.61 Å². The van der Waals surface area contributed by atoms with Crippen LogP contribution in [0.3, 0.4) is 0 Å². The maximum absolute atomic E-state index is 6.25. The predicted molar refractivity (Wildman–Crippen MR) is 87.7 cm³/mol. The summed E-state index contributed by atoms with van der Waals surface area (Å²) in [6.07, 6.45) is 9.08. The van der Waals surface area contributed by atoms with Gasteiger partial charge in [-0.15, -0.1) is 0 Å². The van der Waals surface area contributed by atoms with Crippen LogP contribution in [-0.2, 0) is 4.74 Å². The van der Waals surface area contributed by atoms with E-state index in [1.165, 1.54) is 56.1 Å². The van der Waals surface area contributed by atoms with E-state index < -0.39 is 0 Å². The molecular weight excluding hydrogens is 258 g/mol. The molecule has 3 rings (SSSR count). The Morgan fingerprint density at radius 3 is 2.29 bits per heavy atom. The van der Waals surface area contributed by atoms with E-state index in [4.69, 9.17) is 4.74 Å². The number of hydrogen-bond acceptors (Lipinski definition) is 2. The van der Waals surface area contributed by atoms with Crippen LogP contribution in [0, 0.1) is 0 Å². The highest BCUT2D eigenvalue weighted by Gasteiger charge is 2.42. The molecule has 1 aromatic carbocycles. The third kappa shape index (κ3) is 2.89. The van der Waals surface area contributed by atoms with Gasteiger partial charge in [-0.25, -0.2) is 0 Å². The van der Waals surface area contributed by atoms with Crippen LogP contribution in [-0.4, -0.2) is 19.3 Å². The van der Waals surface area contributed by atoms with E-state index in [0.29, 0.717) is 6.04 Å². The van der Waals surface area contributed by atoms with Crippen LogP contribution in [0.4, 0.5) is 0 Å². The average Bonchev–Trinajstić information content (AvgIpc) is 2.89. The lowest BCUT2D eigenvalue weighted by Crippen LogP contribution is -2.43. The number of likely N-dealkylation sites (N-methyl/N-ethyl adjacent to an activating group) is 1. The predicted octanol–water partition coefficient (Wildman–Crippen LogP) is 4.56. The zero-order chi connectivity index (χ0) is 14.7. The number of ether oxygens (including phenoxy) is 1. The highest BCUT2D eigenvalue weighted by atomic mass is 16.5. The zero-order valence-corrected chi connectivity index (χ0v) is 13.5. The summed E-state index contributed by atoms with van der Waals surface area (Å²) in [6.45, 7) is 2.92. The SMILES string of the molecule is CCOC1(C(NC)c2ccc(C3CCC3)cc2)CCCC1. The molecule has 0 aromatic heterocycles. The minimum absolute atomic E-state index is 0.00147. The normalized spacial score (nSPS) is 23.0.